The van der Waals surface area contributed by atoms with Gasteiger partial charge in [-0.3, -0.25) is 4.79 Å². The number of ether oxygens (including phenoxy) is 1. The van der Waals surface area contributed by atoms with Crippen LogP contribution in [-0.4, -0.2) is 22.6 Å². The van der Waals surface area contributed by atoms with Crippen molar-refractivity contribution in [3.8, 4) is 5.88 Å². The molecule has 2 rings (SSSR count). The number of hydrogen-bond acceptors (Lipinski definition) is 3. The highest BCUT2D eigenvalue weighted by molar-refractivity contribution is 5.94. The van der Waals surface area contributed by atoms with Gasteiger partial charge in [0.1, 0.15) is 11.7 Å². The fourth-order valence-electron chi connectivity index (χ4n) is 1.63. The van der Waals surface area contributed by atoms with Crippen LogP contribution < -0.4 is 10.1 Å². The van der Waals surface area contributed by atoms with Crippen LogP contribution in [-0.2, 0) is 4.79 Å². The third-order valence-corrected chi connectivity index (χ3v) is 2.68. The van der Waals surface area contributed by atoms with Crippen LogP contribution in [0.1, 0.15) is 13.0 Å². The van der Waals surface area contributed by atoms with Crippen molar-refractivity contribution in [2.45, 2.75) is 13.0 Å². The van der Waals surface area contributed by atoms with Gasteiger partial charge in [0.25, 0.3) is 0 Å². The molecule has 0 radical (unpaired) electrons. The van der Waals surface area contributed by atoms with Gasteiger partial charge in [-0.25, -0.2) is 4.98 Å². The highest BCUT2D eigenvalue weighted by Crippen LogP contribution is 2.21. The van der Waals surface area contributed by atoms with E-state index < -0.39 is 0 Å². The van der Waals surface area contributed by atoms with E-state index in [9.17, 15) is 4.79 Å². The molecule has 94 valence electrons. The number of anilines is 1. The summed E-state index contributed by atoms with van der Waals surface area (Å²) >= 11 is 0. The van der Waals surface area contributed by atoms with Crippen LogP contribution in [0.2, 0.25) is 0 Å². The Bertz CT molecular complexity index is 523. The van der Waals surface area contributed by atoms with E-state index in [4.69, 9.17) is 4.74 Å². The molecule has 2 aromatic rings. The number of nitrogens with one attached hydrogen (secondary N) is 1. The molecule has 5 heteroatoms. The van der Waals surface area contributed by atoms with Crippen molar-refractivity contribution < 1.29 is 9.53 Å². The fraction of sp³-hybridized carbons (Fsp3) is 0.231. The zero-order valence-electron chi connectivity index (χ0n) is 10.3. The Morgan fingerprint density at radius 3 is 2.78 bits per heavy atom. The van der Waals surface area contributed by atoms with Crippen molar-refractivity contribution in [1.82, 2.24) is 9.55 Å². The molecule has 0 aliphatic carbocycles. The van der Waals surface area contributed by atoms with E-state index in [1.165, 1.54) is 7.11 Å². The van der Waals surface area contributed by atoms with Gasteiger partial charge in [-0.2, -0.15) is 0 Å². The number of rotatable bonds is 4. The van der Waals surface area contributed by atoms with Crippen LogP contribution in [0.4, 0.5) is 5.69 Å². The third-order valence-electron chi connectivity index (χ3n) is 2.68. The van der Waals surface area contributed by atoms with Gasteiger partial charge in [0.15, 0.2) is 0 Å². The van der Waals surface area contributed by atoms with E-state index in [0.717, 1.165) is 0 Å². The second kappa shape index (κ2) is 5.35. The first-order chi connectivity index (χ1) is 8.72. The van der Waals surface area contributed by atoms with E-state index in [2.05, 4.69) is 10.3 Å². The molecule has 0 unspecified atom stereocenters. The summed E-state index contributed by atoms with van der Waals surface area (Å²) in [6, 6.07) is 6.98. The van der Waals surface area contributed by atoms with E-state index in [1.807, 2.05) is 36.0 Å². The highest BCUT2D eigenvalue weighted by atomic mass is 16.5. The number of pyridine rings is 1. The fourth-order valence-corrected chi connectivity index (χ4v) is 1.63. The van der Waals surface area contributed by atoms with Crippen molar-refractivity contribution >= 4 is 11.6 Å². The van der Waals surface area contributed by atoms with Gasteiger partial charge >= 0.3 is 0 Å². The van der Waals surface area contributed by atoms with Crippen molar-refractivity contribution in [1.29, 1.82) is 0 Å². The number of amides is 1. The largest absolute Gasteiger partial charge is 0.480 e. The Hall–Kier alpha value is -2.30. The van der Waals surface area contributed by atoms with E-state index in [-0.39, 0.29) is 11.9 Å². The van der Waals surface area contributed by atoms with Crippen LogP contribution in [0, 0.1) is 0 Å². The van der Waals surface area contributed by atoms with Gasteiger partial charge in [-0.15, -0.1) is 0 Å². The molecule has 0 bridgehead atoms. The minimum absolute atomic E-state index is 0.113. The molecule has 0 saturated heterocycles. The first-order valence-electron chi connectivity index (χ1n) is 5.64. The maximum atomic E-state index is 12.1. The number of aromatic nitrogens is 2. The standard InChI is InChI=1S/C13H15N3O2/c1-10(16-8-3-4-9-16)12(17)15-11-6-5-7-14-13(11)18-2/h3-10H,1-2H3,(H,15,17)/t10-/m1/s1. The van der Waals surface area contributed by atoms with Gasteiger partial charge in [-0.1, -0.05) is 0 Å². The third kappa shape index (κ3) is 2.51. The Morgan fingerprint density at radius 1 is 1.39 bits per heavy atom. The molecule has 5 nitrogen and oxygen atoms in total. The lowest BCUT2D eigenvalue weighted by Crippen LogP contribution is -2.23. The van der Waals surface area contributed by atoms with Gasteiger partial charge in [0, 0.05) is 18.6 Å². The molecule has 1 N–H and O–H groups in total. The first-order valence-corrected chi connectivity index (χ1v) is 5.64. The van der Waals surface area contributed by atoms with E-state index in [0.29, 0.717) is 11.6 Å². The SMILES string of the molecule is COc1ncccc1NC(=O)[C@@H](C)n1cccc1. The van der Waals surface area contributed by atoms with Gasteiger partial charge in [0.05, 0.1) is 7.11 Å². The molecule has 1 atom stereocenters. The normalized spacial score (nSPS) is 11.9. The maximum Gasteiger partial charge on any atom is 0.247 e. The van der Waals surface area contributed by atoms with Gasteiger partial charge < -0.3 is 14.6 Å². The predicted molar refractivity (Wildman–Crippen MR) is 68.6 cm³/mol. The summed E-state index contributed by atoms with van der Waals surface area (Å²) in [5.41, 5.74) is 0.573. The van der Waals surface area contributed by atoms with Crippen LogP contribution in [0.3, 0.4) is 0 Å². The molecule has 0 spiro atoms. The Kier molecular flexibility index (Phi) is 3.62. The molecule has 18 heavy (non-hydrogen) atoms. The summed E-state index contributed by atoms with van der Waals surface area (Å²) in [6.07, 6.45) is 5.32. The number of methoxy groups -OCH3 is 1. The number of nitrogens with zero attached hydrogens (tertiary/aromatic N) is 2. The summed E-state index contributed by atoms with van der Waals surface area (Å²) in [6.45, 7) is 1.83. The number of carbonyl (C=O) groups is 1. The zero-order valence-corrected chi connectivity index (χ0v) is 10.3. The van der Waals surface area contributed by atoms with Crippen molar-refractivity contribution in [2.24, 2.45) is 0 Å². The summed E-state index contributed by atoms with van der Waals surface area (Å²) in [7, 11) is 1.52. The minimum Gasteiger partial charge on any atom is -0.480 e. The van der Waals surface area contributed by atoms with E-state index >= 15 is 0 Å². The lowest BCUT2D eigenvalue weighted by Gasteiger charge is -2.14. The summed E-state index contributed by atoms with van der Waals surface area (Å²) in [5, 5.41) is 2.80. The number of hydrogen-bond donors (Lipinski definition) is 1. The average Bonchev–Trinajstić information content (AvgIpc) is 2.92. The van der Waals surface area contributed by atoms with Crippen LogP contribution in [0.15, 0.2) is 42.9 Å². The Morgan fingerprint density at radius 2 is 2.11 bits per heavy atom. The quantitative estimate of drug-likeness (QED) is 0.897. The minimum atomic E-state index is -0.287. The molecule has 0 saturated carbocycles. The predicted octanol–water partition coefficient (Wildman–Crippen LogP) is 2.09. The molecular formula is C13H15N3O2. The lowest BCUT2D eigenvalue weighted by molar-refractivity contribution is -0.118. The summed E-state index contributed by atoms with van der Waals surface area (Å²) in [4.78, 5) is 16.1. The summed E-state index contributed by atoms with van der Waals surface area (Å²) in [5.74, 6) is 0.294. The molecule has 2 aromatic heterocycles. The smallest absolute Gasteiger partial charge is 0.247 e. The van der Waals surface area contributed by atoms with Crippen molar-refractivity contribution in [3.63, 3.8) is 0 Å². The number of carbonyl (C=O) groups excluding carboxylic acids is 1. The Balaban J connectivity index is 2.12. The average molecular weight is 245 g/mol. The molecule has 2 heterocycles. The molecule has 0 aliphatic rings. The molecule has 0 fully saturated rings. The van der Waals surface area contributed by atoms with E-state index in [1.54, 1.807) is 18.3 Å². The highest BCUT2D eigenvalue weighted by Gasteiger charge is 2.15. The molecule has 0 aromatic carbocycles. The molecule has 1 amide bonds. The molecular weight excluding hydrogens is 230 g/mol. The second-order valence-corrected chi connectivity index (χ2v) is 3.86. The second-order valence-electron chi connectivity index (χ2n) is 3.86. The summed E-state index contributed by atoms with van der Waals surface area (Å²) < 4.78 is 6.92. The van der Waals surface area contributed by atoms with Gasteiger partial charge in [0.2, 0.25) is 11.8 Å². The van der Waals surface area contributed by atoms with Crippen LogP contribution in [0.5, 0.6) is 5.88 Å². The molecule has 0 aliphatic heterocycles. The lowest BCUT2D eigenvalue weighted by atomic mass is 10.3. The Labute approximate surface area is 105 Å². The van der Waals surface area contributed by atoms with Gasteiger partial charge in [-0.05, 0) is 31.2 Å². The topological polar surface area (TPSA) is 56.1 Å². The first kappa shape index (κ1) is 12.2. The maximum absolute atomic E-state index is 12.1. The van der Waals surface area contributed by atoms with Crippen LogP contribution in [0.25, 0.3) is 0 Å². The van der Waals surface area contributed by atoms with Crippen molar-refractivity contribution in [2.75, 3.05) is 12.4 Å². The van der Waals surface area contributed by atoms with Crippen molar-refractivity contribution in [3.05, 3.63) is 42.9 Å². The monoisotopic (exact) mass is 245 g/mol. The zero-order chi connectivity index (χ0) is 13.0. The van der Waals surface area contributed by atoms with Crippen LogP contribution >= 0.6 is 0 Å².